The molecular weight excluding hydrogens is 337 g/mol. The van der Waals surface area contributed by atoms with Crippen molar-refractivity contribution in [1.29, 1.82) is 0 Å². The monoisotopic (exact) mass is 361 g/mol. The van der Waals surface area contributed by atoms with E-state index in [1.807, 2.05) is 17.7 Å². The Hall–Kier alpha value is -2.41. The number of hydrogen-bond donors (Lipinski definition) is 1. The maximum atomic E-state index is 13.3. The number of imidazole rings is 1. The lowest BCUT2D eigenvalue weighted by Crippen LogP contribution is -2.51. The van der Waals surface area contributed by atoms with Crippen LogP contribution in [0.2, 0.25) is 0 Å². The van der Waals surface area contributed by atoms with E-state index >= 15 is 0 Å². The number of halogens is 1. The summed E-state index contributed by atoms with van der Waals surface area (Å²) >= 11 is 0. The maximum Gasteiger partial charge on any atom is 0.222 e. The van der Waals surface area contributed by atoms with Crippen molar-refractivity contribution in [3.05, 3.63) is 48.3 Å². The van der Waals surface area contributed by atoms with Gasteiger partial charge in [0.05, 0.1) is 19.3 Å². The summed E-state index contributed by atoms with van der Waals surface area (Å²) in [7, 11) is 0. The van der Waals surface area contributed by atoms with Crippen LogP contribution in [0.5, 0.6) is 5.75 Å². The summed E-state index contributed by atoms with van der Waals surface area (Å²) in [5.41, 5.74) is 0. The molecule has 0 aliphatic carbocycles. The van der Waals surface area contributed by atoms with Crippen LogP contribution >= 0.6 is 0 Å². The third-order valence-electron chi connectivity index (χ3n) is 4.42. The van der Waals surface area contributed by atoms with Gasteiger partial charge in [0.2, 0.25) is 5.91 Å². The average molecular weight is 361 g/mol. The lowest BCUT2D eigenvalue weighted by atomic mass is 10.1. The fourth-order valence-corrected chi connectivity index (χ4v) is 3.07. The number of nitrogens with one attached hydrogen (secondary N) is 1. The zero-order valence-corrected chi connectivity index (χ0v) is 14.9. The molecule has 7 heteroatoms. The van der Waals surface area contributed by atoms with Crippen molar-refractivity contribution >= 4 is 5.91 Å². The highest BCUT2D eigenvalue weighted by Crippen LogP contribution is 2.19. The second-order valence-electron chi connectivity index (χ2n) is 6.29. The summed E-state index contributed by atoms with van der Waals surface area (Å²) in [6.45, 7) is 3.56. The number of nitrogens with zero attached hydrogens (tertiary/aromatic N) is 2. The van der Waals surface area contributed by atoms with Gasteiger partial charge in [-0.25, -0.2) is 9.37 Å². The quantitative estimate of drug-likeness (QED) is 0.822. The zero-order chi connectivity index (χ0) is 18.4. The highest BCUT2D eigenvalue weighted by Gasteiger charge is 2.29. The molecule has 1 fully saturated rings. The molecule has 0 radical (unpaired) electrons. The molecule has 1 aliphatic rings. The van der Waals surface area contributed by atoms with Crippen LogP contribution in [0.3, 0.4) is 0 Å². The molecule has 26 heavy (non-hydrogen) atoms. The van der Waals surface area contributed by atoms with Gasteiger partial charge in [-0.1, -0.05) is 13.0 Å². The molecule has 1 aromatic carbocycles. The van der Waals surface area contributed by atoms with Crippen LogP contribution in [0.25, 0.3) is 0 Å². The Morgan fingerprint density at radius 2 is 2.38 bits per heavy atom. The normalized spacial score (nSPS) is 19.9. The van der Waals surface area contributed by atoms with Gasteiger partial charge in [-0.2, -0.15) is 0 Å². The molecule has 0 saturated carbocycles. The van der Waals surface area contributed by atoms with Gasteiger partial charge in [0.15, 0.2) is 0 Å². The fourth-order valence-electron chi connectivity index (χ4n) is 3.07. The molecule has 1 aliphatic heterocycles. The molecule has 2 heterocycles. The highest BCUT2D eigenvalue weighted by atomic mass is 19.1. The Bertz CT molecular complexity index is 734. The van der Waals surface area contributed by atoms with Crippen LogP contribution in [0.1, 0.15) is 25.6 Å². The van der Waals surface area contributed by atoms with E-state index < -0.39 is 0 Å². The third kappa shape index (κ3) is 4.82. The maximum absolute atomic E-state index is 13.3. The number of aryl methyl sites for hydroxylation is 2. The lowest BCUT2D eigenvalue weighted by molar-refractivity contribution is -0.124. The zero-order valence-electron chi connectivity index (χ0n) is 14.9. The number of rotatable bonds is 7. The van der Waals surface area contributed by atoms with E-state index in [2.05, 4.69) is 10.3 Å². The topological polar surface area (TPSA) is 65.4 Å². The minimum Gasteiger partial charge on any atom is -0.488 e. The molecule has 1 N–H and O–H groups in total. The Labute approximate surface area is 152 Å². The van der Waals surface area contributed by atoms with E-state index in [1.165, 1.54) is 12.1 Å². The number of aromatic nitrogens is 2. The van der Waals surface area contributed by atoms with E-state index in [0.717, 1.165) is 12.2 Å². The first-order valence-corrected chi connectivity index (χ1v) is 8.95. The number of carbonyl (C=O) groups excluding carboxylic acids is 1. The lowest BCUT2D eigenvalue weighted by Gasteiger charge is -2.32. The van der Waals surface area contributed by atoms with Crippen molar-refractivity contribution in [3.8, 4) is 5.75 Å². The van der Waals surface area contributed by atoms with Gasteiger partial charge in [0.25, 0.3) is 0 Å². The molecular formula is C19H24FN3O3. The van der Waals surface area contributed by atoms with E-state index in [-0.39, 0.29) is 23.9 Å². The first-order valence-electron chi connectivity index (χ1n) is 8.95. The van der Waals surface area contributed by atoms with Crippen molar-refractivity contribution in [2.24, 2.45) is 0 Å². The summed E-state index contributed by atoms with van der Waals surface area (Å²) in [6, 6.07) is 5.78. The van der Waals surface area contributed by atoms with Gasteiger partial charge >= 0.3 is 0 Å². The van der Waals surface area contributed by atoms with Gasteiger partial charge < -0.3 is 19.4 Å². The largest absolute Gasteiger partial charge is 0.488 e. The molecule has 2 aromatic rings. The summed E-state index contributed by atoms with van der Waals surface area (Å²) in [6.07, 6.45) is 5.21. The van der Waals surface area contributed by atoms with Crippen LogP contribution < -0.4 is 10.1 Å². The van der Waals surface area contributed by atoms with Crippen LogP contribution in [-0.2, 0) is 22.5 Å². The molecule has 3 rings (SSSR count). The fraction of sp³-hybridized carbons (Fsp3) is 0.474. The molecule has 1 saturated heterocycles. The molecule has 140 valence electrons. The second kappa shape index (κ2) is 8.80. The minimum absolute atomic E-state index is 0.0657. The van der Waals surface area contributed by atoms with Crippen LogP contribution in [0, 0.1) is 5.82 Å². The Morgan fingerprint density at radius 1 is 1.50 bits per heavy atom. The van der Waals surface area contributed by atoms with Crippen molar-refractivity contribution < 1.29 is 18.7 Å². The predicted octanol–water partition coefficient (Wildman–Crippen LogP) is 2.33. The summed E-state index contributed by atoms with van der Waals surface area (Å²) in [5.74, 6) is 1.01. The summed E-state index contributed by atoms with van der Waals surface area (Å²) in [5, 5.41) is 2.99. The van der Waals surface area contributed by atoms with Crippen LogP contribution in [0.4, 0.5) is 4.39 Å². The van der Waals surface area contributed by atoms with Gasteiger partial charge in [-0.3, -0.25) is 4.79 Å². The smallest absolute Gasteiger partial charge is 0.222 e. The molecule has 0 unspecified atom stereocenters. The van der Waals surface area contributed by atoms with E-state index in [4.69, 9.17) is 9.47 Å². The number of ether oxygens (including phenoxy) is 2. The standard InChI is InChI=1S/C19H24FN3O3/c1-2-18-21-8-10-23(18)9-6-19(24)22-16-13-25-11-7-17(16)26-15-5-3-4-14(20)12-15/h3-5,8,10,12,16-17H,2,6-7,9,11,13H2,1H3,(H,22,24)/t16-,17+/m1/s1. The Balaban J connectivity index is 1.55. The predicted molar refractivity (Wildman–Crippen MR) is 94.4 cm³/mol. The van der Waals surface area contributed by atoms with E-state index in [9.17, 15) is 9.18 Å². The van der Waals surface area contributed by atoms with Crippen molar-refractivity contribution in [1.82, 2.24) is 14.9 Å². The van der Waals surface area contributed by atoms with Gasteiger partial charge in [0.1, 0.15) is 23.5 Å². The van der Waals surface area contributed by atoms with Crippen molar-refractivity contribution in [3.63, 3.8) is 0 Å². The first kappa shape index (κ1) is 18.4. The van der Waals surface area contributed by atoms with Crippen molar-refractivity contribution in [2.75, 3.05) is 13.2 Å². The van der Waals surface area contributed by atoms with Gasteiger partial charge in [0, 0.05) is 44.3 Å². The first-order chi connectivity index (χ1) is 12.7. The number of carbonyl (C=O) groups is 1. The van der Waals surface area contributed by atoms with Crippen LogP contribution in [0.15, 0.2) is 36.7 Å². The number of amides is 1. The molecule has 6 nitrogen and oxygen atoms in total. The Kier molecular flexibility index (Phi) is 6.22. The second-order valence-corrected chi connectivity index (χ2v) is 6.29. The molecule has 0 spiro atoms. The Morgan fingerprint density at radius 3 is 3.19 bits per heavy atom. The molecule has 1 amide bonds. The molecule has 1 aromatic heterocycles. The summed E-state index contributed by atoms with van der Waals surface area (Å²) < 4.78 is 26.7. The average Bonchev–Trinajstić information content (AvgIpc) is 3.09. The van der Waals surface area contributed by atoms with Gasteiger partial charge in [-0.15, -0.1) is 0 Å². The SMILES string of the molecule is CCc1nccn1CCC(=O)N[C@@H]1COCC[C@@H]1Oc1cccc(F)c1. The van der Waals surface area contributed by atoms with Crippen LogP contribution in [-0.4, -0.2) is 40.8 Å². The van der Waals surface area contributed by atoms with Gasteiger partial charge in [-0.05, 0) is 12.1 Å². The minimum atomic E-state index is -0.345. The van der Waals surface area contributed by atoms with Crippen molar-refractivity contribution in [2.45, 2.75) is 44.9 Å². The highest BCUT2D eigenvalue weighted by molar-refractivity contribution is 5.76. The van der Waals surface area contributed by atoms with E-state index in [1.54, 1.807) is 18.3 Å². The summed E-state index contributed by atoms with van der Waals surface area (Å²) in [4.78, 5) is 16.6. The molecule has 0 bridgehead atoms. The molecule has 2 atom stereocenters. The third-order valence-corrected chi connectivity index (χ3v) is 4.42. The number of hydrogen-bond acceptors (Lipinski definition) is 4. The number of benzene rings is 1. The van der Waals surface area contributed by atoms with E-state index in [0.29, 0.717) is 38.3 Å².